The maximum Gasteiger partial charge on any atom is 0.0516 e. The van der Waals surface area contributed by atoms with Gasteiger partial charge < -0.3 is 9.84 Å². The molecule has 0 aromatic carbocycles. The third-order valence-corrected chi connectivity index (χ3v) is 1.51. The Labute approximate surface area is 49.5 Å². The van der Waals surface area contributed by atoms with Gasteiger partial charge in [-0.1, -0.05) is 0 Å². The summed E-state index contributed by atoms with van der Waals surface area (Å²) in [6, 6.07) is 0. The molecule has 1 rings (SSSR count). The van der Waals surface area contributed by atoms with Gasteiger partial charge in [0, 0.05) is 19.1 Å². The van der Waals surface area contributed by atoms with E-state index in [0.29, 0.717) is 12.5 Å². The van der Waals surface area contributed by atoms with E-state index in [1.165, 1.54) is 0 Å². The quantitative estimate of drug-likeness (QED) is 0.537. The summed E-state index contributed by atoms with van der Waals surface area (Å²) in [5, 5.41) is 8.61. The molecule has 0 aromatic heterocycles. The van der Waals surface area contributed by atoms with Crippen LogP contribution in [0, 0.1) is 5.92 Å². The highest BCUT2D eigenvalue weighted by Crippen LogP contribution is 2.11. The Morgan fingerprint density at radius 1 is 1.62 bits per heavy atom. The van der Waals surface area contributed by atoms with E-state index in [2.05, 4.69) is 0 Å². The van der Waals surface area contributed by atoms with Crippen molar-refractivity contribution in [3.05, 3.63) is 0 Å². The molecule has 1 aliphatic rings. The molecule has 1 N–H and O–H groups in total. The summed E-state index contributed by atoms with van der Waals surface area (Å²) in [4.78, 5) is 0. The van der Waals surface area contributed by atoms with Crippen LogP contribution >= 0.6 is 0 Å². The minimum absolute atomic E-state index is 0.292. The van der Waals surface area contributed by atoms with Crippen LogP contribution in [0.25, 0.3) is 0 Å². The first-order valence-corrected chi connectivity index (χ1v) is 3.12. The highest BCUT2D eigenvalue weighted by atomic mass is 16.5. The molecule has 0 unspecified atom stereocenters. The maximum absolute atomic E-state index is 8.61. The smallest absolute Gasteiger partial charge is 0.0516 e. The van der Waals surface area contributed by atoms with E-state index in [9.17, 15) is 0 Å². The lowest BCUT2D eigenvalue weighted by Crippen LogP contribution is -2.19. The van der Waals surface area contributed by atoms with Crippen molar-refractivity contribution >= 4 is 0 Å². The largest absolute Gasteiger partial charge is 0.396 e. The van der Waals surface area contributed by atoms with E-state index in [1.54, 1.807) is 0 Å². The van der Waals surface area contributed by atoms with Crippen LogP contribution in [0.2, 0.25) is 0 Å². The number of aliphatic hydroxyl groups excluding tert-OH is 1. The van der Waals surface area contributed by atoms with Gasteiger partial charge in [-0.05, 0) is 12.8 Å². The zero-order valence-electron chi connectivity index (χ0n) is 4.97. The number of hydrogen-bond acceptors (Lipinski definition) is 2. The lowest BCUT2D eigenvalue weighted by molar-refractivity contribution is 0.0304. The van der Waals surface area contributed by atoms with E-state index >= 15 is 0 Å². The Hall–Kier alpha value is -0.0800. The normalized spacial score (nSPS) is 30.4. The second kappa shape index (κ2) is 3.05. The first-order chi connectivity index (χ1) is 3.93. The van der Waals surface area contributed by atoms with Crippen LogP contribution in [-0.2, 0) is 4.74 Å². The SMILES string of the molecule is OC[C@@H]1CCCOC1. The lowest BCUT2D eigenvalue weighted by atomic mass is 10.0. The van der Waals surface area contributed by atoms with E-state index in [1.807, 2.05) is 0 Å². The monoisotopic (exact) mass is 116 g/mol. The van der Waals surface area contributed by atoms with Crippen molar-refractivity contribution in [3.63, 3.8) is 0 Å². The minimum Gasteiger partial charge on any atom is -0.396 e. The average Bonchev–Trinajstić information content (AvgIpc) is 1.90. The first-order valence-electron chi connectivity index (χ1n) is 3.12. The molecule has 0 spiro atoms. The molecular formula is C6H12O2. The third-order valence-electron chi connectivity index (χ3n) is 1.51. The Kier molecular flexibility index (Phi) is 2.30. The van der Waals surface area contributed by atoms with Crippen LogP contribution in [0.1, 0.15) is 12.8 Å². The van der Waals surface area contributed by atoms with Crippen molar-refractivity contribution in [1.29, 1.82) is 0 Å². The van der Waals surface area contributed by atoms with Gasteiger partial charge in [-0.15, -0.1) is 0 Å². The molecule has 0 aliphatic carbocycles. The zero-order chi connectivity index (χ0) is 5.82. The van der Waals surface area contributed by atoms with Gasteiger partial charge in [0.05, 0.1) is 6.61 Å². The third kappa shape index (κ3) is 1.46. The molecule has 0 bridgehead atoms. The van der Waals surface area contributed by atoms with Gasteiger partial charge in [-0.25, -0.2) is 0 Å². The van der Waals surface area contributed by atoms with Crippen molar-refractivity contribution in [2.45, 2.75) is 12.8 Å². The highest BCUT2D eigenvalue weighted by molar-refractivity contribution is 4.60. The summed E-state index contributed by atoms with van der Waals surface area (Å²) in [6.07, 6.45) is 2.25. The summed E-state index contributed by atoms with van der Waals surface area (Å²) in [6.45, 7) is 1.94. The molecule has 0 saturated carbocycles. The van der Waals surface area contributed by atoms with Crippen LogP contribution in [0.5, 0.6) is 0 Å². The molecule has 1 fully saturated rings. The predicted molar refractivity (Wildman–Crippen MR) is 30.6 cm³/mol. The van der Waals surface area contributed by atoms with Crippen molar-refractivity contribution in [2.75, 3.05) is 19.8 Å². The first kappa shape index (κ1) is 6.05. The number of aliphatic hydroxyl groups is 1. The van der Waals surface area contributed by atoms with Gasteiger partial charge in [-0.2, -0.15) is 0 Å². The second-order valence-corrected chi connectivity index (χ2v) is 2.27. The number of hydrogen-bond donors (Lipinski definition) is 1. The van der Waals surface area contributed by atoms with E-state index in [4.69, 9.17) is 9.84 Å². The predicted octanol–water partition coefficient (Wildman–Crippen LogP) is 0.405. The molecule has 48 valence electrons. The topological polar surface area (TPSA) is 29.5 Å². The fraction of sp³-hybridized carbons (Fsp3) is 1.00. The molecule has 2 nitrogen and oxygen atoms in total. The van der Waals surface area contributed by atoms with Crippen LogP contribution in [0.3, 0.4) is 0 Å². The Balaban J connectivity index is 2.13. The Morgan fingerprint density at radius 2 is 2.50 bits per heavy atom. The van der Waals surface area contributed by atoms with Gasteiger partial charge in [-0.3, -0.25) is 0 Å². The highest BCUT2D eigenvalue weighted by Gasteiger charge is 2.11. The van der Waals surface area contributed by atoms with Gasteiger partial charge in [0.15, 0.2) is 0 Å². The second-order valence-electron chi connectivity index (χ2n) is 2.27. The molecule has 2 heteroatoms. The molecule has 1 saturated heterocycles. The van der Waals surface area contributed by atoms with Crippen LogP contribution in [0.15, 0.2) is 0 Å². The van der Waals surface area contributed by atoms with Crippen molar-refractivity contribution in [1.82, 2.24) is 0 Å². The molecule has 1 heterocycles. The summed E-state index contributed by atoms with van der Waals surface area (Å²) in [5.41, 5.74) is 0. The maximum atomic E-state index is 8.61. The Morgan fingerprint density at radius 3 is 2.88 bits per heavy atom. The van der Waals surface area contributed by atoms with Crippen molar-refractivity contribution in [2.24, 2.45) is 5.92 Å². The van der Waals surface area contributed by atoms with Crippen molar-refractivity contribution in [3.8, 4) is 0 Å². The summed E-state index contributed by atoms with van der Waals surface area (Å²) >= 11 is 0. The van der Waals surface area contributed by atoms with Gasteiger partial charge in [0.25, 0.3) is 0 Å². The van der Waals surface area contributed by atoms with E-state index in [0.717, 1.165) is 26.1 Å². The van der Waals surface area contributed by atoms with Crippen LogP contribution < -0.4 is 0 Å². The molecule has 0 amide bonds. The zero-order valence-corrected chi connectivity index (χ0v) is 4.97. The number of ether oxygens (including phenoxy) is 1. The van der Waals surface area contributed by atoms with Crippen LogP contribution in [-0.4, -0.2) is 24.9 Å². The minimum atomic E-state index is 0.292. The fourth-order valence-corrected chi connectivity index (χ4v) is 0.951. The summed E-state index contributed by atoms with van der Waals surface area (Å²) in [5.74, 6) is 0.420. The number of rotatable bonds is 1. The molecule has 0 radical (unpaired) electrons. The van der Waals surface area contributed by atoms with Crippen LogP contribution in [0.4, 0.5) is 0 Å². The molecular weight excluding hydrogens is 104 g/mol. The van der Waals surface area contributed by atoms with Gasteiger partial charge in [0.1, 0.15) is 0 Å². The molecule has 1 atom stereocenters. The average molecular weight is 116 g/mol. The molecule has 1 aliphatic heterocycles. The summed E-state index contributed by atoms with van der Waals surface area (Å²) in [7, 11) is 0. The van der Waals surface area contributed by atoms with Gasteiger partial charge in [0.2, 0.25) is 0 Å². The van der Waals surface area contributed by atoms with Crippen molar-refractivity contribution < 1.29 is 9.84 Å². The Bertz CT molecular complexity index is 57.5. The summed E-state index contributed by atoms with van der Waals surface area (Å²) < 4.78 is 5.11. The van der Waals surface area contributed by atoms with Gasteiger partial charge >= 0.3 is 0 Å². The van der Waals surface area contributed by atoms with E-state index < -0.39 is 0 Å². The lowest BCUT2D eigenvalue weighted by Gasteiger charge is -2.18. The molecule has 0 aromatic rings. The fourth-order valence-electron chi connectivity index (χ4n) is 0.951. The van der Waals surface area contributed by atoms with E-state index in [-0.39, 0.29) is 0 Å². The molecule has 8 heavy (non-hydrogen) atoms. The standard InChI is InChI=1S/C6H12O2/c7-4-6-2-1-3-8-5-6/h6-7H,1-5H2/t6-/m0/s1.